The van der Waals surface area contributed by atoms with Crippen LogP contribution in [0, 0.1) is 0 Å². The molecule has 0 amide bonds. The Hall–Kier alpha value is -2.05. The summed E-state index contributed by atoms with van der Waals surface area (Å²) in [6.45, 7) is 5.78. The summed E-state index contributed by atoms with van der Waals surface area (Å²) in [4.78, 5) is 11.3. The molecule has 0 saturated carbocycles. The van der Waals surface area contributed by atoms with E-state index in [0.29, 0.717) is 0 Å². The van der Waals surface area contributed by atoms with Gasteiger partial charge in [0.05, 0.1) is 23.9 Å². The van der Waals surface area contributed by atoms with Crippen LogP contribution in [0.15, 0.2) is 72.2 Å². The van der Waals surface area contributed by atoms with E-state index in [-0.39, 0.29) is 11.6 Å². The minimum atomic E-state index is 0.0695. The molecule has 4 nitrogen and oxygen atoms in total. The first-order valence-electron chi connectivity index (χ1n) is 10.4. The Morgan fingerprint density at radius 2 is 1.93 bits per heavy atom. The Labute approximate surface area is 176 Å². The van der Waals surface area contributed by atoms with Gasteiger partial charge in [0.2, 0.25) is 0 Å². The fraction of sp³-hybridized carbons (Fsp3) is 0.375. The molecule has 0 radical (unpaired) electrons. The number of nitrogens with zero attached hydrogens (tertiary/aromatic N) is 3. The highest BCUT2D eigenvalue weighted by atomic mass is 32.1. The number of hydrogen-bond donors (Lipinski definition) is 0. The van der Waals surface area contributed by atoms with Crippen LogP contribution in [0.5, 0.6) is 0 Å². The zero-order valence-electron chi connectivity index (χ0n) is 16.6. The number of aromatic nitrogens is 1. The van der Waals surface area contributed by atoms with E-state index in [1.807, 2.05) is 23.6 Å². The van der Waals surface area contributed by atoms with Gasteiger partial charge in [-0.3, -0.25) is 14.8 Å². The molecule has 2 aromatic heterocycles. The van der Waals surface area contributed by atoms with Crippen molar-refractivity contribution in [3.63, 3.8) is 0 Å². The third-order valence-corrected chi connectivity index (χ3v) is 7.09. The fourth-order valence-corrected chi connectivity index (χ4v) is 5.40. The van der Waals surface area contributed by atoms with Gasteiger partial charge >= 0.3 is 0 Å². The Morgan fingerprint density at radius 1 is 1.03 bits per heavy atom. The van der Waals surface area contributed by atoms with Crippen LogP contribution in [0.25, 0.3) is 0 Å². The van der Waals surface area contributed by atoms with Crippen LogP contribution in [0.2, 0.25) is 0 Å². The van der Waals surface area contributed by atoms with Crippen LogP contribution < -0.4 is 0 Å². The molecule has 3 aromatic rings. The summed E-state index contributed by atoms with van der Waals surface area (Å²) in [6, 6.07) is 21.2. The molecule has 2 atom stereocenters. The fourth-order valence-electron chi connectivity index (χ4n) is 4.66. The van der Waals surface area contributed by atoms with Crippen molar-refractivity contribution in [2.75, 3.05) is 26.2 Å². The van der Waals surface area contributed by atoms with Crippen LogP contribution in [-0.2, 0) is 17.8 Å². The van der Waals surface area contributed by atoms with Crippen molar-refractivity contribution in [1.82, 2.24) is 14.8 Å². The zero-order valence-corrected chi connectivity index (χ0v) is 17.4. The van der Waals surface area contributed by atoms with E-state index in [2.05, 4.69) is 74.8 Å². The molecule has 2 fully saturated rings. The summed E-state index contributed by atoms with van der Waals surface area (Å²) in [5, 5.41) is 2.17. The molecule has 4 heterocycles. The van der Waals surface area contributed by atoms with Crippen molar-refractivity contribution in [1.29, 1.82) is 0 Å². The molecule has 2 saturated heterocycles. The average molecular weight is 406 g/mol. The summed E-state index contributed by atoms with van der Waals surface area (Å²) >= 11 is 1.85. The third kappa shape index (κ3) is 4.14. The van der Waals surface area contributed by atoms with Gasteiger partial charge in [0.15, 0.2) is 0 Å². The first-order valence-corrected chi connectivity index (χ1v) is 11.2. The lowest BCUT2D eigenvalue weighted by Crippen LogP contribution is -2.58. The van der Waals surface area contributed by atoms with E-state index in [0.717, 1.165) is 51.4 Å². The minimum absolute atomic E-state index is 0.0695. The van der Waals surface area contributed by atoms with Crippen molar-refractivity contribution in [3.8, 4) is 0 Å². The highest BCUT2D eigenvalue weighted by molar-refractivity contribution is 7.09. The topological polar surface area (TPSA) is 28.6 Å². The van der Waals surface area contributed by atoms with Gasteiger partial charge in [-0.15, -0.1) is 11.3 Å². The first-order chi connectivity index (χ1) is 14.3. The molecule has 1 aromatic carbocycles. The van der Waals surface area contributed by atoms with Crippen molar-refractivity contribution >= 4 is 11.3 Å². The van der Waals surface area contributed by atoms with E-state index < -0.39 is 0 Å². The molecule has 0 N–H and O–H groups in total. The maximum Gasteiger partial charge on any atom is 0.0953 e. The molecule has 5 rings (SSSR count). The molecule has 29 heavy (non-hydrogen) atoms. The van der Waals surface area contributed by atoms with E-state index in [1.165, 1.54) is 10.4 Å². The van der Waals surface area contributed by atoms with Gasteiger partial charge in [-0.25, -0.2) is 0 Å². The molecule has 0 aliphatic carbocycles. The Morgan fingerprint density at radius 3 is 2.72 bits per heavy atom. The lowest BCUT2D eigenvalue weighted by atomic mass is 9.92. The molecule has 5 heteroatoms. The van der Waals surface area contributed by atoms with Crippen LogP contribution in [0.3, 0.4) is 0 Å². The molecule has 2 aliphatic rings. The molecule has 0 bridgehead atoms. The second kappa shape index (κ2) is 8.36. The van der Waals surface area contributed by atoms with Gasteiger partial charge in [-0.2, -0.15) is 0 Å². The predicted molar refractivity (Wildman–Crippen MR) is 117 cm³/mol. The quantitative estimate of drug-likeness (QED) is 0.631. The SMILES string of the molecule is c1ccc([C@H]2CN(Cc3ccccn3)[C@]3(CCN(Cc4cccs4)C3)CO2)cc1. The van der Waals surface area contributed by atoms with E-state index in [9.17, 15) is 0 Å². The lowest BCUT2D eigenvalue weighted by Gasteiger charge is -2.47. The number of likely N-dealkylation sites (tertiary alicyclic amines) is 1. The normalized spacial score (nSPS) is 25.6. The smallest absolute Gasteiger partial charge is 0.0953 e. The van der Waals surface area contributed by atoms with Gasteiger partial charge in [0.1, 0.15) is 0 Å². The summed E-state index contributed by atoms with van der Waals surface area (Å²) in [5.74, 6) is 0. The van der Waals surface area contributed by atoms with Crippen LogP contribution in [-0.4, -0.2) is 46.6 Å². The number of thiophene rings is 1. The van der Waals surface area contributed by atoms with E-state index in [4.69, 9.17) is 4.74 Å². The first kappa shape index (κ1) is 18.9. The van der Waals surface area contributed by atoms with Crippen molar-refractivity contribution in [2.24, 2.45) is 0 Å². The number of rotatable bonds is 5. The van der Waals surface area contributed by atoms with Gasteiger partial charge in [-0.1, -0.05) is 42.5 Å². The second-order valence-corrected chi connectivity index (χ2v) is 9.21. The van der Waals surface area contributed by atoms with Gasteiger partial charge < -0.3 is 4.74 Å². The number of ether oxygens (including phenoxy) is 1. The van der Waals surface area contributed by atoms with E-state index >= 15 is 0 Å². The lowest BCUT2D eigenvalue weighted by molar-refractivity contribution is -0.114. The summed E-state index contributed by atoms with van der Waals surface area (Å²) in [5.41, 5.74) is 2.47. The highest BCUT2D eigenvalue weighted by Crippen LogP contribution is 2.38. The van der Waals surface area contributed by atoms with Gasteiger partial charge in [0.25, 0.3) is 0 Å². The number of hydrogen-bond acceptors (Lipinski definition) is 5. The summed E-state index contributed by atoms with van der Waals surface area (Å²) in [6.07, 6.45) is 3.17. The monoisotopic (exact) mass is 405 g/mol. The Kier molecular flexibility index (Phi) is 5.46. The molecule has 150 valence electrons. The van der Waals surface area contributed by atoms with Crippen LogP contribution in [0.1, 0.15) is 28.7 Å². The molecular formula is C24H27N3OS. The average Bonchev–Trinajstić information content (AvgIpc) is 3.42. The van der Waals surface area contributed by atoms with Gasteiger partial charge in [-0.05, 0) is 35.6 Å². The van der Waals surface area contributed by atoms with Crippen molar-refractivity contribution in [2.45, 2.75) is 31.2 Å². The minimum Gasteiger partial charge on any atom is -0.370 e. The summed E-state index contributed by atoms with van der Waals surface area (Å²) < 4.78 is 6.47. The maximum absolute atomic E-state index is 6.47. The molecule has 1 spiro atoms. The number of pyridine rings is 1. The maximum atomic E-state index is 6.47. The van der Waals surface area contributed by atoms with E-state index in [1.54, 1.807) is 0 Å². The largest absolute Gasteiger partial charge is 0.370 e. The summed E-state index contributed by atoms with van der Waals surface area (Å²) in [7, 11) is 0. The number of benzene rings is 1. The van der Waals surface area contributed by atoms with Crippen LogP contribution >= 0.6 is 11.3 Å². The van der Waals surface area contributed by atoms with Crippen molar-refractivity contribution < 1.29 is 4.74 Å². The Balaban J connectivity index is 1.36. The predicted octanol–water partition coefficient (Wildman–Crippen LogP) is 4.36. The van der Waals surface area contributed by atoms with Crippen LogP contribution in [0.4, 0.5) is 0 Å². The molecule has 0 unspecified atom stereocenters. The second-order valence-electron chi connectivity index (χ2n) is 8.18. The number of morpholine rings is 1. The van der Waals surface area contributed by atoms with Gasteiger partial charge in [0, 0.05) is 43.8 Å². The highest BCUT2D eigenvalue weighted by Gasteiger charge is 2.47. The molecule has 2 aliphatic heterocycles. The van der Waals surface area contributed by atoms with Crippen molar-refractivity contribution in [3.05, 3.63) is 88.4 Å². The molecular weight excluding hydrogens is 378 g/mol. The standard InChI is InChI=1S/C24H27N3OS/c1-2-7-20(8-3-1)23-17-27(15-21-9-4-5-12-25-21)24(19-28-23)11-13-26(18-24)16-22-10-6-14-29-22/h1-10,12,14,23H,11,13,15-19H2/t23-,24+/m1/s1. The third-order valence-electron chi connectivity index (χ3n) is 6.23. The Bertz CT molecular complexity index is 902. The zero-order chi connectivity index (χ0) is 19.5.